The molecular formula is C10H19NO2S. The van der Waals surface area contributed by atoms with Crippen LogP contribution in [-0.4, -0.2) is 46.0 Å². The number of ketones is 1. The highest BCUT2D eigenvalue weighted by molar-refractivity contribution is 7.84. The Balaban J connectivity index is 2.45. The van der Waals surface area contributed by atoms with Gasteiger partial charge in [0.25, 0.3) is 0 Å². The fraction of sp³-hybridized carbons (Fsp3) is 0.900. The van der Waals surface area contributed by atoms with Crippen LogP contribution in [0.2, 0.25) is 0 Å². The molecule has 0 aromatic carbocycles. The van der Waals surface area contributed by atoms with Gasteiger partial charge in [-0.15, -0.1) is 0 Å². The van der Waals surface area contributed by atoms with Gasteiger partial charge in [0.05, 0.1) is 0 Å². The lowest BCUT2D eigenvalue weighted by atomic mass is 9.98. The molecule has 0 saturated carbocycles. The molecule has 0 aromatic heterocycles. The summed E-state index contributed by atoms with van der Waals surface area (Å²) in [4.78, 5) is 13.6. The van der Waals surface area contributed by atoms with Crippen molar-refractivity contribution in [3.63, 3.8) is 0 Å². The highest BCUT2D eigenvalue weighted by atomic mass is 32.2. The second kappa shape index (κ2) is 5.03. The number of piperidine rings is 1. The smallest absolute Gasteiger partial charge is 0.138 e. The number of nitrogens with zero attached hydrogens (tertiary/aromatic N) is 1. The van der Waals surface area contributed by atoms with Crippen molar-refractivity contribution in [1.82, 2.24) is 4.90 Å². The zero-order valence-corrected chi connectivity index (χ0v) is 9.97. The molecule has 3 nitrogen and oxygen atoms in total. The summed E-state index contributed by atoms with van der Waals surface area (Å²) in [7, 11) is -0.744. The van der Waals surface area contributed by atoms with Crippen molar-refractivity contribution >= 4 is 16.6 Å². The molecule has 0 radical (unpaired) electrons. The van der Waals surface area contributed by atoms with Crippen LogP contribution in [0.25, 0.3) is 0 Å². The van der Waals surface area contributed by atoms with E-state index >= 15 is 0 Å². The molecule has 3 unspecified atom stereocenters. The van der Waals surface area contributed by atoms with Crippen LogP contribution in [-0.2, 0) is 15.6 Å². The Morgan fingerprint density at radius 1 is 1.64 bits per heavy atom. The third-order valence-electron chi connectivity index (χ3n) is 2.80. The van der Waals surface area contributed by atoms with Gasteiger partial charge >= 0.3 is 0 Å². The predicted octanol–water partition coefficient (Wildman–Crippen LogP) is 0.664. The van der Waals surface area contributed by atoms with E-state index in [0.717, 1.165) is 13.1 Å². The minimum absolute atomic E-state index is 0.150. The standard InChI is InChI=1S/C10H19NO2S/c1-8-6-11(5-4-10(8)12)9(2)7-14(3)13/h8-9H,4-7H2,1-3H3. The largest absolute Gasteiger partial charge is 0.299 e. The summed E-state index contributed by atoms with van der Waals surface area (Å²) in [5.74, 6) is 1.23. The average molecular weight is 217 g/mol. The van der Waals surface area contributed by atoms with E-state index in [0.29, 0.717) is 24.0 Å². The maximum absolute atomic E-state index is 11.3. The van der Waals surface area contributed by atoms with Gasteiger partial charge in [0, 0.05) is 54.3 Å². The molecule has 1 aliphatic rings. The lowest BCUT2D eigenvalue weighted by Gasteiger charge is -2.34. The number of hydrogen-bond donors (Lipinski definition) is 0. The summed E-state index contributed by atoms with van der Waals surface area (Å²) in [5.41, 5.74) is 0. The predicted molar refractivity (Wildman–Crippen MR) is 58.8 cm³/mol. The molecule has 1 saturated heterocycles. The first-order valence-corrected chi connectivity index (χ1v) is 6.80. The molecule has 0 aromatic rings. The van der Waals surface area contributed by atoms with E-state index in [4.69, 9.17) is 0 Å². The number of hydrogen-bond acceptors (Lipinski definition) is 3. The van der Waals surface area contributed by atoms with Gasteiger partial charge in [-0.1, -0.05) is 6.92 Å². The number of rotatable bonds is 3. The highest BCUT2D eigenvalue weighted by Gasteiger charge is 2.26. The topological polar surface area (TPSA) is 37.4 Å². The van der Waals surface area contributed by atoms with Crippen LogP contribution in [0.5, 0.6) is 0 Å². The van der Waals surface area contributed by atoms with Crippen LogP contribution in [0.15, 0.2) is 0 Å². The number of Topliss-reactive ketones (excluding diaryl/α,β-unsaturated/α-hetero) is 1. The van der Waals surface area contributed by atoms with Crippen molar-refractivity contribution in [2.24, 2.45) is 5.92 Å². The van der Waals surface area contributed by atoms with E-state index in [1.807, 2.05) is 6.92 Å². The molecule has 0 aliphatic carbocycles. The van der Waals surface area contributed by atoms with Gasteiger partial charge in [0.2, 0.25) is 0 Å². The number of carbonyl (C=O) groups is 1. The van der Waals surface area contributed by atoms with Crippen molar-refractivity contribution in [1.29, 1.82) is 0 Å². The molecule has 1 rings (SSSR count). The van der Waals surface area contributed by atoms with E-state index in [9.17, 15) is 9.00 Å². The Morgan fingerprint density at radius 2 is 2.29 bits per heavy atom. The summed E-state index contributed by atoms with van der Waals surface area (Å²) in [6, 6.07) is 0.330. The molecular weight excluding hydrogens is 198 g/mol. The zero-order valence-electron chi connectivity index (χ0n) is 9.16. The summed E-state index contributed by atoms with van der Waals surface area (Å²) in [6.45, 7) is 5.73. The molecule has 1 heterocycles. The minimum atomic E-state index is -0.744. The summed E-state index contributed by atoms with van der Waals surface area (Å²) in [5, 5.41) is 0. The van der Waals surface area contributed by atoms with Crippen molar-refractivity contribution in [3.05, 3.63) is 0 Å². The van der Waals surface area contributed by atoms with Crippen molar-refractivity contribution in [2.75, 3.05) is 25.1 Å². The zero-order chi connectivity index (χ0) is 10.7. The molecule has 4 heteroatoms. The Hall–Kier alpha value is -0.220. The SMILES string of the molecule is CC1CN(C(C)CS(C)=O)CCC1=O. The van der Waals surface area contributed by atoms with Gasteiger partial charge in [0.15, 0.2) is 0 Å². The first kappa shape index (κ1) is 11.9. The summed E-state index contributed by atoms with van der Waals surface area (Å²) >= 11 is 0. The second-order valence-electron chi connectivity index (χ2n) is 4.20. The Bertz CT molecular complexity index is 242. The van der Waals surface area contributed by atoms with E-state index in [2.05, 4.69) is 11.8 Å². The fourth-order valence-corrected chi connectivity index (χ4v) is 2.78. The van der Waals surface area contributed by atoms with E-state index in [-0.39, 0.29) is 5.92 Å². The van der Waals surface area contributed by atoms with E-state index in [1.165, 1.54) is 0 Å². The maximum atomic E-state index is 11.3. The Kier molecular flexibility index (Phi) is 4.26. The minimum Gasteiger partial charge on any atom is -0.299 e. The lowest BCUT2D eigenvalue weighted by molar-refractivity contribution is -0.125. The van der Waals surface area contributed by atoms with Gasteiger partial charge in [-0.05, 0) is 6.92 Å². The summed E-state index contributed by atoms with van der Waals surface area (Å²) in [6.07, 6.45) is 2.39. The Morgan fingerprint density at radius 3 is 2.79 bits per heavy atom. The molecule has 0 bridgehead atoms. The van der Waals surface area contributed by atoms with Crippen molar-refractivity contribution in [2.45, 2.75) is 26.3 Å². The maximum Gasteiger partial charge on any atom is 0.138 e. The van der Waals surface area contributed by atoms with Crippen LogP contribution >= 0.6 is 0 Å². The average Bonchev–Trinajstić information content (AvgIpc) is 2.08. The molecule has 0 spiro atoms. The van der Waals surface area contributed by atoms with Crippen LogP contribution in [0.4, 0.5) is 0 Å². The normalized spacial score (nSPS) is 28.8. The first-order valence-electron chi connectivity index (χ1n) is 5.07. The fourth-order valence-electron chi connectivity index (χ4n) is 1.89. The molecule has 14 heavy (non-hydrogen) atoms. The molecule has 82 valence electrons. The van der Waals surface area contributed by atoms with Gasteiger partial charge in [0.1, 0.15) is 5.78 Å². The van der Waals surface area contributed by atoms with Crippen molar-refractivity contribution < 1.29 is 9.00 Å². The molecule has 0 amide bonds. The second-order valence-corrected chi connectivity index (χ2v) is 5.68. The summed E-state index contributed by atoms with van der Waals surface area (Å²) < 4.78 is 11.1. The molecule has 1 fully saturated rings. The van der Waals surface area contributed by atoms with Crippen LogP contribution in [0, 0.1) is 5.92 Å². The van der Waals surface area contributed by atoms with Gasteiger partial charge in [-0.3, -0.25) is 13.9 Å². The monoisotopic (exact) mass is 217 g/mol. The third kappa shape index (κ3) is 3.17. The lowest BCUT2D eigenvalue weighted by Crippen LogP contribution is -2.46. The van der Waals surface area contributed by atoms with Crippen LogP contribution in [0.3, 0.4) is 0 Å². The number of likely N-dealkylation sites (tertiary alicyclic amines) is 1. The number of carbonyl (C=O) groups excluding carboxylic acids is 1. The van der Waals surface area contributed by atoms with Crippen LogP contribution in [0.1, 0.15) is 20.3 Å². The van der Waals surface area contributed by atoms with E-state index < -0.39 is 10.8 Å². The van der Waals surface area contributed by atoms with Gasteiger partial charge < -0.3 is 0 Å². The van der Waals surface area contributed by atoms with E-state index in [1.54, 1.807) is 6.26 Å². The molecule has 0 N–H and O–H groups in total. The van der Waals surface area contributed by atoms with Crippen LogP contribution < -0.4 is 0 Å². The Labute approximate surface area is 88.3 Å². The van der Waals surface area contributed by atoms with Gasteiger partial charge in [-0.2, -0.15) is 0 Å². The third-order valence-corrected chi connectivity index (χ3v) is 3.75. The van der Waals surface area contributed by atoms with Crippen molar-refractivity contribution in [3.8, 4) is 0 Å². The highest BCUT2D eigenvalue weighted by Crippen LogP contribution is 2.15. The first-order chi connectivity index (χ1) is 6.50. The quantitative estimate of drug-likeness (QED) is 0.697. The molecule has 3 atom stereocenters. The molecule has 1 aliphatic heterocycles. The van der Waals surface area contributed by atoms with Gasteiger partial charge in [-0.25, -0.2) is 0 Å².